The van der Waals surface area contributed by atoms with Gasteiger partial charge in [0.1, 0.15) is 5.41 Å². The number of rotatable bonds is 0. The molecule has 0 aromatic carbocycles. The molecule has 0 saturated heterocycles. The van der Waals surface area contributed by atoms with E-state index in [1.807, 2.05) is 26.0 Å². The normalized spacial score (nSPS) is 35.6. The standard InChI is InChI=1S/C12H16O2/c1-11(2)8-9(13)12(10(11)14)6-4-3-5-7-12/h4,6H,3,5,7-8H2,1-2H3. The molecule has 1 spiro atoms. The summed E-state index contributed by atoms with van der Waals surface area (Å²) in [6.45, 7) is 3.76. The quantitative estimate of drug-likeness (QED) is 0.436. The molecule has 0 aliphatic heterocycles. The minimum absolute atomic E-state index is 0.128. The number of carbonyl (C=O) groups excluding carboxylic acids is 2. The Morgan fingerprint density at radius 1 is 1.29 bits per heavy atom. The van der Waals surface area contributed by atoms with Gasteiger partial charge in [0.25, 0.3) is 0 Å². The van der Waals surface area contributed by atoms with Gasteiger partial charge in [-0.2, -0.15) is 0 Å². The van der Waals surface area contributed by atoms with Gasteiger partial charge in [-0.3, -0.25) is 9.59 Å². The van der Waals surface area contributed by atoms with Gasteiger partial charge in [-0.25, -0.2) is 0 Å². The van der Waals surface area contributed by atoms with Crippen molar-refractivity contribution in [2.24, 2.45) is 10.8 Å². The maximum Gasteiger partial charge on any atom is 0.156 e. The van der Waals surface area contributed by atoms with Crippen LogP contribution in [0.5, 0.6) is 0 Å². The molecule has 1 atom stereocenters. The molecule has 2 rings (SSSR count). The lowest BCUT2D eigenvalue weighted by atomic mass is 9.73. The zero-order chi connectivity index (χ0) is 10.4. The third kappa shape index (κ3) is 1.09. The van der Waals surface area contributed by atoms with Crippen molar-refractivity contribution >= 4 is 11.6 Å². The molecule has 0 amide bonds. The van der Waals surface area contributed by atoms with Gasteiger partial charge >= 0.3 is 0 Å². The van der Waals surface area contributed by atoms with Gasteiger partial charge in [0, 0.05) is 11.8 Å². The summed E-state index contributed by atoms with van der Waals surface area (Å²) in [7, 11) is 0. The fraction of sp³-hybridized carbons (Fsp3) is 0.667. The SMILES string of the molecule is CC1(C)CC(=O)C2(C=CCCC2)C1=O. The topological polar surface area (TPSA) is 34.1 Å². The lowest BCUT2D eigenvalue weighted by Crippen LogP contribution is -2.35. The van der Waals surface area contributed by atoms with Crippen LogP contribution >= 0.6 is 0 Å². The lowest BCUT2D eigenvalue weighted by molar-refractivity contribution is -0.134. The Bertz CT molecular complexity index is 325. The summed E-state index contributed by atoms with van der Waals surface area (Å²) in [5.41, 5.74) is -1.18. The van der Waals surface area contributed by atoms with Crippen molar-refractivity contribution in [1.82, 2.24) is 0 Å². The molecule has 1 saturated carbocycles. The second-order valence-corrected chi connectivity index (χ2v) is 5.08. The molecule has 14 heavy (non-hydrogen) atoms. The van der Waals surface area contributed by atoms with Crippen molar-refractivity contribution < 1.29 is 9.59 Å². The number of hydrogen-bond donors (Lipinski definition) is 0. The summed E-state index contributed by atoms with van der Waals surface area (Å²) in [4.78, 5) is 24.0. The first kappa shape index (κ1) is 9.63. The molecule has 2 aliphatic carbocycles. The Hall–Kier alpha value is -0.920. The summed E-state index contributed by atoms with van der Waals surface area (Å²) in [5.74, 6) is 0.259. The zero-order valence-electron chi connectivity index (χ0n) is 8.80. The van der Waals surface area contributed by atoms with E-state index in [2.05, 4.69) is 0 Å². The summed E-state index contributed by atoms with van der Waals surface area (Å²) in [6.07, 6.45) is 6.95. The van der Waals surface area contributed by atoms with Crippen LogP contribution in [0.2, 0.25) is 0 Å². The molecule has 2 aliphatic rings. The molecule has 0 bridgehead atoms. The smallest absolute Gasteiger partial charge is 0.156 e. The lowest BCUT2D eigenvalue weighted by Gasteiger charge is -2.26. The maximum atomic E-state index is 12.1. The molecule has 0 radical (unpaired) electrons. The predicted octanol–water partition coefficient (Wildman–Crippen LogP) is 2.28. The molecular formula is C12H16O2. The third-order valence-corrected chi connectivity index (χ3v) is 3.46. The van der Waals surface area contributed by atoms with Gasteiger partial charge in [0.15, 0.2) is 11.6 Å². The van der Waals surface area contributed by atoms with Crippen LogP contribution in [0.1, 0.15) is 39.5 Å². The van der Waals surface area contributed by atoms with Crippen molar-refractivity contribution in [3.63, 3.8) is 0 Å². The highest BCUT2D eigenvalue weighted by molar-refractivity contribution is 6.17. The summed E-state index contributed by atoms with van der Waals surface area (Å²) in [5, 5.41) is 0. The first-order valence-electron chi connectivity index (χ1n) is 5.25. The zero-order valence-corrected chi connectivity index (χ0v) is 8.80. The van der Waals surface area contributed by atoms with Crippen molar-refractivity contribution in [3.8, 4) is 0 Å². The maximum absolute atomic E-state index is 12.1. The van der Waals surface area contributed by atoms with Crippen molar-refractivity contribution in [3.05, 3.63) is 12.2 Å². The van der Waals surface area contributed by atoms with Crippen molar-refractivity contribution in [1.29, 1.82) is 0 Å². The highest BCUT2D eigenvalue weighted by atomic mass is 16.2. The van der Waals surface area contributed by atoms with Gasteiger partial charge in [0.05, 0.1) is 0 Å². The van der Waals surface area contributed by atoms with Crippen LogP contribution in [0.15, 0.2) is 12.2 Å². The molecule has 76 valence electrons. The molecule has 2 nitrogen and oxygen atoms in total. The highest BCUT2D eigenvalue weighted by Crippen LogP contribution is 2.48. The van der Waals surface area contributed by atoms with Crippen LogP contribution in [0.4, 0.5) is 0 Å². The van der Waals surface area contributed by atoms with E-state index in [9.17, 15) is 9.59 Å². The average Bonchev–Trinajstić information content (AvgIpc) is 2.30. The Kier molecular flexibility index (Phi) is 1.91. The monoisotopic (exact) mass is 192 g/mol. The number of hydrogen-bond acceptors (Lipinski definition) is 2. The third-order valence-electron chi connectivity index (χ3n) is 3.46. The minimum atomic E-state index is -0.734. The van der Waals surface area contributed by atoms with Gasteiger partial charge < -0.3 is 0 Å². The molecule has 0 heterocycles. The molecule has 1 fully saturated rings. The van der Waals surface area contributed by atoms with E-state index in [1.54, 1.807) is 0 Å². The van der Waals surface area contributed by atoms with E-state index in [0.717, 1.165) is 19.3 Å². The van der Waals surface area contributed by atoms with Crippen LogP contribution in [-0.2, 0) is 9.59 Å². The number of ketones is 2. The fourth-order valence-electron chi connectivity index (χ4n) is 2.66. The molecule has 1 unspecified atom stereocenters. The van der Waals surface area contributed by atoms with Crippen molar-refractivity contribution in [2.45, 2.75) is 39.5 Å². The number of allylic oxidation sites excluding steroid dienone is 2. The van der Waals surface area contributed by atoms with Crippen LogP contribution in [0.25, 0.3) is 0 Å². The fourth-order valence-corrected chi connectivity index (χ4v) is 2.66. The second-order valence-electron chi connectivity index (χ2n) is 5.08. The number of Topliss-reactive ketones (excluding diaryl/α,β-unsaturated/α-hetero) is 2. The Balaban J connectivity index is 2.45. The Labute approximate surface area is 84.4 Å². The van der Waals surface area contributed by atoms with E-state index in [0.29, 0.717) is 6.42 Å². The van der Waals surface area contributed by atoms with E-state index in [-0.39, 0.29) is 11.6 Å². The molecule has 0 aromatic heterocycles. The molecule has 2 heteroatoms. The van der Waals surface area contributed by atoms with E-state index >= 15 is 0 Å². The van der Waals surface area contributed by atoms with Crippen LogP contribution in [-0.4, -0.2) is 11.6 Å². The Morgan fingerprint density at radius 3 is 2.43 bits per heavy atom. The van der Waals surface area contributed by atoms with Crippen LogP contribution < -0.4 is 0 Å². The average molecular weight is 192 g/mol. The molecular weight excluding hydrogens is 176 g/mol. The largest absolute Gasteiger partial charge is 0.298 e. The van der Waals surface area contributed by atoms with E-state index in [1.165, 1.54) is 0 Å². The Morgan fingerprint density at radius 2 is 2.00 bits per heavy atom. The molecule has 0 N–H and O–H groups in total. The first-order valence-corrected chi connectivity index (χ1v) is 5.25. The van der Waals surface area contributed by atoms with Gasteiger partial charge in [-0.1, -0.05) is 26.0 Å². The van der Waals surface area contributed by atoms with Crippen LogP contribution in [0.3, 0.4) is 0 Å². The second kappa shape index (κ2) is 2.78. The van der Waals surface area contributed by atoms with Gasteiger partial charge in [-0.05, 0) is 19.3 Å². The predicted molar refractivity (Wildman–Crippen MR) is 53.8 cm³/mol. The molecule has 0 aromatic rings. The van der Waals surface area contributed by atoms with Gasteiger partial charge in [-0.15, -0.1) is 0 Å². The van der Waals surface area contributed by atoms with E-state index in [4.69, 9.17) is 0 Å². The summed E-state index contributed by atoms with van der Waals surface area (Å²) in [6, 6.07) is 0. The van der Waals surface area contributed by atoms with Crippen molar-refractivity contribution in [2.75, 3.05) is 0 Å². The first-order chi connectivity index (χ1) is 6.49. The summed E-state index contributed by atoms with van der Waals surface area (Å²) >= 11 is 0. The minimum Gasteiger partial charge on any atom is -0.298 e. The summed E-state index contributed by atoms with van der Waals surface area (Å²) < 4.78 is 0. The highest BCUT2D eigenvalue weighted by Gasteiger charge is 2.56. The number of carbonyl (C=O) groups is 2. The van der Waals surface area contributed by atoms with E-state index < -0.39 is 10.8 Å². The van der Waals surface area contributed by atoms with Gasteiger partial charge in [0.2, 0.25) is 0 Å². The van der Waals surface area contributed by atoms with Crippen LogP contribution in [0, 0.1) is 10.8 Å².